The minimum Gasteiger partial charge on any atom is -0.385 e. The molecule has 5 nitrogen and oxygen atoms in total. The molecule has 1 aromatic carbocycles. The maximum absolute atomic E-state index is 5.04. The standard InChI is InChI=1S/C17H30N4O.HI/c1-5-21(16-9-6-8-15(2)14-16)12-11-20-17(18-3)19-10-7-13-22-4;/h6,8-9,14H,5,7,10-13H2,1-4H3,(H2,18,19,20);1H. The molecular weight excluding hydrogens is 403 g/mol. The van der Waals surface area contributed by atoms with Gasteiger partial charge in [-0.05, 0) is 38.0 Å². The fraction of sp³-hybridized carbons (Fsp3) is 0.588. The monoisotopic (exact) mass is 434 g/mol. The summed E-state index contributed by atoms with van der Waals surface area (Å²) in [5.41, 5.74) is 2.56. The number of likely N-dealkylation sites (N-methyl/N-ethyl adjacent to an activating group) is 1. The van der Waals surface area contributed by atoms with Gasteiger partial charge in [0.15, 0.2) is 5.96 Å². The largest absolute Gasteiger partial charge is 0.385 e. The highest BCUT2D eigenvalue weighted by molar-refractivity contribution is 14.0. The second-order valence-electron chi connectivity index (χ2n) is 5.19. The first-order chi connectivity index (χ1) is 10.7. The van der Waals surface area contributed by atoms with Gasteiger partial charge in [-0.1, -0.05) is 12.1 Å². The van der Waals surface area contributed by atoms with Crippen molar-refractivity contribution in [1.29, 1.82) is 0 Å². The van der Waals surface area contributed by atoms with Crippen LogP contribution in [0, 0.1) is 6.92 Å². The Morgan fingerprint density at radius 2 is 2.00 bits per heavy atom. The Labute approximate surface area is 157 Å². The zero-order chi connectivity index (χ0) is 16.2. The summed E-state index contributed by atoms with van der Waals surface area (Å²) in [6, 6.07) is 8.62. The number of benzene rings is 1. The molecule has 0 amide bonds. The Bertz CT molecular complexity index is 454. The molecule has 23 heavy (non-hydrogen) atoms. The van der Waals surface area contributed by atoms with Crippen LogP contribution in [-0.2, 0) is 4.74 Å². The second kappa shape index (κ2) is 13.4. The van der Waals surface area contributed by atoms with Gasteiger partial charge in [0, 0.05) is 52.6 Å². The smallest absolute Gasteiger partial charge is 0.191 e. The highest BCUT2D eigenvalue weighted by atomic mass is 127. The first kappa shape index (κ1) is 22.0. The molecule has 0 radical (unpaired) electrons. The van der Waals surface area contributed by atoms with Crippen molar-refractivity contribution in [3.63, 3.8) is 0 Å². The number of nitrogens with zero attached hydrogens (tertiary/aromatic N) is 2. The van der Waals surface area contributed by atoms with Crippen molar-refractivity contribution in [2.45, 2.75) is 20.3 Å². The highest BCUT2D eigenvalue weighted by Gasteiger charge is 2.04. The van der Waals surface area contributed by atoms with Crippen LogP contribution in [0.15, 0.2) is 29.3 Å². The molecule has 0 saturated heterocycles. The van der Waals surface area contributed by atoms with Crippen molar-refractivity contribution in [3.05, 3.63) is 29.8 Å². The van der Waals surface area contributed by atoms with Gasteiger partial charge in [-0.25, -0.2) is 0 Å². The molecule has 1 aromatic rings. The third-order valence-electron chi connectivity index (χ3n) is 3.46. The molecule has 0 saturated carbocycles. The number of hydrogen-bond donors (Lipinski definition) is 2. The molecule has 0 fully saturated rings. The van der Waals surface area contributed by atoms with Gasteiger partial charge in [-0.3, -0.25) is 4.99 Å². The number of halogens is 1. The Kier molecular flexibility index (Phi) is 12.8. The Morgan fingerprint density at radius 1 is 1.26 bits per heavy atom. The van der Waals surface area contributed by atoms with Crippen LogP contribution in [0.1, 0.15) is 18.9 Å². The maximum Gasteiger partial charge on any atom is 0.191 e. The zero-order valence-corrected chi connectivity index (χ0v) is 17.1. The van der Waals surface area contributed by atoms with E-state index >= 15 is 0 Å². The van der Waals surface area contributed by atoms with Gasteiger partial charge in [0.1, 0.15) is 0 Å². The molecule has 0 aliphatic carbocycles. The van der Waals surface area contributed by atoms with Crippen LogP contribution >= 0.6 is 24.0 Å². The van der Waals surface area contributed by atoms with Crippen LogP contribution in [0.4, 0.5) is 5.69 Å². The number of nitrogens with one attached hydrogen (secondary N) is 2. The summed E-state index contributed by atoms with van der Waals surface area (Å²) < 4.78 is 5.04. The van der Waals surface area contributed by atoms with E-state index in [0.717, 1.165) is 45.2 Å². The zero-order valence-electron chi connectivity index (χ0n) is 14.8. The van der Waals surface area contributed by atoms with Crippen molar-refractivity contribution in [3.8, 4) is 0 Å². The van der Waals surface area contributed by atoms with Crippen molar-refractivity contribution >= 4 is 35.6 Å². The topological polar surface area (TPSA) is 48.9 Å². The quantitative estimate of drug-likeness (QED) is 0.272. The second-order valence-corrected chi connectivity index (χ2v) is 5.19. The van der Waals surface area contributed by atoms with Crippen LogP contribution in [0.2, 0.25) is 0 Å². The minimum absolute atomic E-state index is 0. The molecule has 0 atom stereocenters. The lowest BCUT2D eigenvalue weighted by molar-refractivity contribution is 0.195. The predicted molar refractivity (Wildman–Crippen MR) is 110 cm³/mol. The van der Waals surface area contributed by atoms with E-state index in [1.165, 1.54) is 11.3 Å². The molecule has 2 N–H and O–H groups in total. The first-order valence-corrected chi connectivity index (χ1v) is 7.96. The van der Waals surface area contributed by atoms with E-state index in [1.807, 2.05) is 0 Å². The van der Waals surface area contributed by atoms with Gasteiger partial charge in [0.2, 0.25) is 0 Å². The number of ether oxygens (including phenoxy) is 1. The van der Waals surface area contributed by atoms with Gasteiger partial charge < -0.3 is 20.3 Å². The van der Waals surface area contributed by atoms with Crippen LogP contribution in [0.25, 0.3) is 0 Å². The number of guanidine groups is 1. The number of hydrogen-bond acceptors (Lipinski definition) is 3. The van der Waals surface area contributed by atoms with Crippen LogP contribution in [0.3, 0.4) is 0 Å². The average Bonchev–Trinajstić information content (AvgIpc) is 2.53. The van der Waals surface area contributed by atoms with E-state index in [0.29, 0.717) is 0 Å². The van der Waals surface area contributed by atoms with Crippen molar-refractivity contribution in [2.24, 2.45) is 4.99 Å². The summed E-state index contributed by atoms with van der Waals surface area (Å²) >= 11 is 0. The maximum atomic E-state index is 5.04. The van der Waals surface area contributed by atoms with Gasteiger partial charge >= 0.3 is 0 Å². The molecule has 132 valence electrons. The van der Waals surface area contributed by atoms with Crippen LogP contribution in [-0.4, -0.2) is 52.9 Å². The molecule has 6 heteroatoms. The van der Waals surface area contributed by atoms with Gasteiger partial charge in [0.25, 0.3) is 0 Å². The Balaban J connectivity index is 0.00000484. The van der Waals surface area contributed by atoms with Crippen molar-refractivity contribution < 1.29 is 4.74 Å². The minimum atomic E-state index is 0. The molecular formula is C17H31IN4O. The number of aliphatic imine (C=N–C) groups is 1. The van der Waals surface area contributed by atoms with E-state index in [1.54, 1.807) is 14.2 Å². The fourth-order valence-corrected chi connectivity index (χ4v) is 2.25. The van der Waals surface area contributed by atoms with Gasteiger partial charge in [0.05, 0.1) is 0 Å². The normalized spacial score (nSPS) is 10.9. The Hall–Kier alpha value is -1.02. The Morgan fingerprint density at radius 3 is 2.61 bits per heavy atom. The molecule has 0 spiro atoms. The SMILES string of the molecule is CCN(CCNC(=NC)NCCCOC)c1cccc(C)c1.I. The third-order valence-corrected chi connectivity index (χ3v) is 3.46. The summed E-state index contributed by atoms with van der Waals surface area (Å²) in [5.74, 6) is 0.844. The van der Waals surface area contributed by atoms with E-state index in [2.05, 4.69) is 58.6 Å². The summed E-state index contributed by atoms with van der Waals surface area (Å²) in [5, 5.41) is 6.64. The summed E-state index contributed by atoms with van der Waals surface area (Å²) in [6.07, 6.45) is 0.974. The molecule has 0 aromatic heterocycles. The molecule has 0 aliphatic rings. The third kappa shape index (κ3) is 9.00. The molecule has 0 aliphatic heterocycles. The predicted octanol–water partition coefficient (Wildman–Crippen LogP) is 2.64. The molecule has 1 rings (SSSR count). The van der Waals surface area contributed by atoms with Crippen molar-refractivity contribution in [1.82, 2.24) is 10.6 Å². The lowest BCUT2D eigenvalue weighted by Crippen LogP contribution is -2.42. The highest BCUT2D eigenvalue weighted by Crippen LogP contribution is 2.14. The van der Waals surface area contributed by atoms with Gasteiger partial charge in [-0.15, -0.1) is 24.0 Å². The van der Waals surface area contributed by atoms with Crippen molar-refractivity contribution in [2.75, 3.05) is 51.8 Å². The van der Waals surface area contributed by atoms with Crippen LogP contribution in [0.5, 0.6) is 0 Å². The van der Waals surface area contributed by atoms with E-state index in [9.17, 15) is 0 Å². The van der Waals surface area contributed by atoms with Gasteiger partial charge in [-0.2, -0.15) is 0 Å². The summed E-state index contributed by atoms with van der Waals surface area (Å²) in [6.45, 7) is 8.72. The fourth-order valence-electron chi connectivity index (χ4n) is 2.25. The number of anilines is 1. The van der Waals surface area contributed by atoms with Crippen LogP contribution < -0.4 is 15.5 Å². The summed E-state index contributed by atoms with van der Waals surface area (Å²) in [4.78, 5) is 6.59. The molecule has 0 bridgehead atoms. The number of methoxy groups -OCH3 is 1. The summed E-state index contributed by atoms with van der Waals surface area (Å²) in [7, 11) is 3.52. The number of rotatable bonds is 9. The average molecular weight is 434 g/mol. The lowest BCUT2D eigenvalue weighted by atomic mass is 10.2. The molecule has 0 heterocycles. The van der Waals surface area contributed by atoms with E-state index in [4.69, 9.17) is 4.74 Å². The molecule has 0 unspecified atom stereocenters. The first-order valence-electron chi connectivity index (χ1n) is 7.96. The van der Waals surface area contributed by atoms with E-state index in [-0.39, 0.29) is 24.0 Å². The lowest BCUT2D eigenvalue weighted by Gasteiger charge is -2.24. The number of aryl methyl sites for hydroxylation is 1. The van der Waals surface area contributed by atoms with E-state index < -0.39 is 0 Å².